The van der Waals surface area contributed by atoms with Gasteiger partial charge in [0, 0.05) is 17.0 Å². The molecule has 0 spiro atoms. The van der Waals surface area contributed by atoms with Crippen LogP contribution in [0.3, 0.4) is 0 Å². The van der Waals surface area contributed by atoms with Gasteiger partial charge >= 0.3 is 0 Å². The number of para-hydroxylation sites is 3. The maximum atomic E-state index is 12.4. The number of anilines is 3. The maximum Gasteiger partial charge on any atom is 0.255 e. The number of fused-ring (bicyclic) bond motifs is 1. The molecule has 0 atom stereocenters. The second kappa shape index (κ2) is 9.78. The highest BCUT2D eigenvalue weighted by Crippen LogP contribution is 2.32. The Morgan fingerprint density at radius 2 is 1.88 bits per heavy atom. The second-order valence-corrected chi connectivity index (χ2v) is 7.18. The third-order valence-corrected chi connectivity index (χ3v) is 5.05. The molecular formula is C25H23N3O5. The summed E-state index contributed by atoms with van der Waals surface area (Å²) >= 11 is 0. The lowest BCUT2D eigenvalue weighted by atomic mass is 10.2. The van der Waals surface area contributed by atoms with E-state index in [0.717, 1.165) is 5.39 Å². The molecule has 1 aromatic heterocycles. The van der Waals surface area contributed by atoms with Crippen molar-refractivity contribution in [2.24, 2.45) is 0 Å². The Morgan fingerprint density at radius 3 is 2.61 bits per heavy atom. The Labute approximate surface area is 190 Å². The van der Waals surface area contributed by atoms with Crippen molar-refractivity contribution in [1.29, 1.82) is 0 Å². The first-order chi connectivity index (χ1) is 16.1. The van der Waals surface area contributed by atoms with Crippen molar-refractivity contribution in [3.05, 3.63) is 78.4 Å². The molecular weight excluding hydrogens is 422 g/mol. The number of carbonyl (C=O) groups excluding carboxylic acids is 2. The van der Waals surface area contributed by atoms with E-state index in [1.165, 1.54) is 4.90 Å². The van der Waals surface area contributed by atoms with Crippen LogP contribution in [0.2, 0.25) is 0 Å². The number of nitrogen functional groups attached to an aromatic ring is 1. The van der Waals surface area contributed by atoms with E-state index in [4.69, 9.17) is 19.6 Å². The SMILES string of the molecule is COc1cccc2cc(N(C=O)CCOc3ccc(C(=O)Nc4ccccc4N)cc3)oc12. The molecule has 8 heteroatoms. The van der Waals surface area contributed by atoms with Crippen LogP contribution in [-0.2, 0) is 4.79 Å². The van der Waals surface area contributed by atoms with Crippen molar-refractivity contribution >= 4 is 40.5 Å². The summed E-state index contributed by atoms with van der Waals surface area (Å²) in [7, 11) is 1.56. The molecule has 0 unspecified atom stereocenters. The second-order valence-electron chi connectivity index (χ2n) is 7.18. The molecule has 3 aromatic carbocycles. The summed E-state index contributed by atoms with van der Waals surface area (Å²) in [4.78, 5) is 25.4. The zero-order valence-electron chi connectivity index (χ0n) is 18.0. The smallest absolute Gasteiger partial charge is 0.255 e. The van der Waals surface area contributed by atoms with Crippen LogP contribution in [0, 0.1) is 0 Å². The Hall–Kier alpha value is -4.46. The lowest BCUT2D eigenvalue weighted by Gasteiger charge is -2.15. The monoisotopic (exact) mass is 445 g/mol. The van der Waals surface area contributed by atoms with Gasteiger partial charge in [-0.1, -0.05) is 24.3 Å². The van der Waals surface area contributed by atoms with Crippen LogP contribution < -0.4 is 25.4 Å². The van der Waals surface area contributed by atoms with Crippen LogP contribution in [0.25, 0.3) is 11.0 Å². The van der Waals surface area contributed by atoms with Gasteiger partial charge in [-0.2, -0.15) is 0 Å². The summed E-state index contributed by atoms with van der Waals surface area (Å²) in [5.74, 6) is 1.30. The fourth-order valence-electron chi connectivity index (χ4n) is 3.31. The zero-order valence-corrected chi connectivity index (χ0v) is 18.0. The molecule has 8 nitrogen and oxygen atoms in total. The molecule has 0 aliphatic rings. The highest BCUT2D eigenvalue weighted by atomic mass is 16.5. The van der Waals surface area contributed by atoms with E-state index in [0.29, 0.717) is 46.3 Å². The standard InChI is InChI=1S/C25H23N3O5/c1-31-22-8-4-5-18-15-23(33-24(18)22)28(16-29)13-14-32-19-11-9-17(10-12-19)25(30)27-21-7-3-2-6-20(21)26/h2-12,15-16H,13-14,26H2,1H3,(H,27,30). The number of methoxy groups -OCH3 is 1. The lowest BCUT2D eigenvalue weighted by Crippen LogP contribution is -2.26. The summed E-state index contributed by atoms with van der Waals surface area (Å²) < 4.78 is 16.8. The van der Waals surface area contributed by atoms with Gasteiger partial charge in [-0.25, -0.2) is 0 Å². The average molecular weight is 445 g/mol. The quantitative estimate of drug-likeness (QED) is 0.294. The molecule has 0 radical (unpaired) electrons. The normalized spacial score (nSPS) is 10.6. The Morgan fingerprint density at radius 1 is 1.09 bits per heavy atom. The number of hydrogen-bond donors (Lipinski definition) is 2. The van der Waals surface area contributed by atoms with E-state index in [1.54, 1.807) is 67.8 Å². The van der Waals surface area contributed by atoms with Crippen LogP contribution in [0.1, 0.15) is 10.4 Å². The van der Waals surface area contributed by atoms with Gasteiger partial charge in [0.25, 0.3) is 5.91 Å². The van der Waals surface area contributed by atoms with Gasteiger partial charge in [0.15, 0.2) is 11.3 Å². The van der Waals surface area contributed by atoms with Crippen LogP contribution in [0.15, 0.2) is 77.2 Å². The Balaban J connectivity index is 1.35. The summed E-state index contributed by atoms with van der Waals surface area (Å²) in [6, 6.07) is 21.1. The summed E-state index contributed by atoms with van der Waals surface area (Å²) in [6.07, 6.45) is 0.691. The van der Waals surface area contributed by atoms with Gasteiger partial charge in [-0.05, 0) is 42.5 Å². The molecule has 2 amide bonds. The van der Waals surface area contributed by atoms with Crippen molar-refractivity contribution in [1.82, 2.24) is 0 Å². The number of amides is 2. The van der Waals surface area contributed by atoms with Gasteiger partial charge in [-0.3, -0.25) is 14.5 Å². The molecule has 0 bridgehead atoms. The molecule has 4 rings (SSSR count). The van der Waals surface area contributed by atoms with E-state index in [-0.39, 0.29) is 19.1 Å². The molecule has 0 saturated carbocycles. The van der Waals surface area contributed by atoms with Crippen LogP contribution in [0.4, 0.5) is 17.3 Å². The molecule has 168 valence electrons. The van der Waals surface area contributed by atoms with Crippen LogP contribution >= 0.6 is 0 Å². The molecule has 3 N–H and O–H groups in total. The van der Waals surface area contributed by atoms with Crippen molar-refractivity contribution in [2.75, 3.05) is 36.2 Å². The van der Waals surface area contributed by atoms with E-state index >= 15 is 0 Å². The van der Waals surface area contributed by atoms with Crippen molar-refractivity contribution in [3.8, 4) is 11.5 Å². The van der Waals surface area contributed by atoms with Crippen LogP contribution in [0.5, 0.6) is 11.5 Å². The number of nitrogens with one attached hydrogen (secondary N) is 1. The molecule has 0 fully saturated rings. The van der Waals surface area contributed by atoms with E-state index < -0.39 is 0 Å². The zero-order chi connectivity index (χ0) is 23.2. The summed E-state index contributed by atoms with van der Waals surface area (Å²) in [6.45, 7) is 0.514. The molecule has 33 heavy (non-hydrogen) atoms. The lowest BCUT2D eigenvalue weighted by molar-refractivity contribution is -0.107. The van der Waals surface area contributed by atoms with Gasteiger partial charge in [0.1, 0.15) is 12.4 Å². The number of ether oxygens (including phenoxy) is 2. The van der Waals surface area contributed by atoms with Crippen molar-refractivity contribution < 1.29 is 23.5 Å². The number of nitrogens with zero attached hydrogens (tertiary/aromatic N) is 1. The molecule has 4 aromatic rings. The molecule has 1 heterocycles. The fourth-order valence-corrected chi connectivity index (χ4v) is 3.31. The first-order valence-corrected chi connectivity index (χ1v) is 10.3. The summed E-state index contributed by atoms with van der Waals surface area (Å²) in [5, 5.41) is 3.62. The number of furan rings is 1. The van der Waals surface area contributed by atoms with E-state index in [9.17, 15) is 9.59 Å². The molecule has 0 aliphatic carbocycles. The maximum absolute atomic E-state index is 12.4. The van der Waals surface area contributed by atoms with Gasteiger partial charge in [-0.15, -0.1) is 0 Å². The summed E-state index contributed by atoms with van der Waals surface area (Å²) in [5.41, 5.74) is 7.96. The average Bonchev–Trinajstić information content (AvgIpc) is 3.28. The number of rotatable bonds is 9. The number of hydrogen-bond acceptors (Lipinski definition) is 6. The van der Waals surface area contributed by atoms with Crippen LogP contribution in [-0.4, -0.2) is 32.6 Å². The van der Waals surface area contributed by atoms with Crippen molar-refractivity contribution in [3.63, 3.8) is 0 Å². The minimum Gasteiger partial charge on any atom is -0.493 e. The number of benzene rings is 3. The molecule has 0 aliphatic heterocycles. The number of carbonyl (C=O) groups is 2. The van der Waals surface area contributed by atoms with Crippen molar-refractivity contribution in [2.45, 2.75) is 0 Å². The third kappa shape index (κ3) is 4.90. The fraction of sp³-hybridized carbons (Fsp3) is 0.120. The molecule has 0 saturated heterocycles. The predicted octanol–water partition coefficient (Wildman–Crippen LogP) is 4.32. The minimum absolute atomic E-state index is 0.235. The van der Waals surface area contributed by atoms with E-state index in [1.807, 2.05) is 12.1 Å². The van der Waals surface area contributed by atoms with Gasteiger partial charge < -0.3 is 24.9 Å². The largest absolute Gasteiger partial charge is 0.493 e. The first kappa shape index (κ1) is 21.8. The predicted molar refractivity (Wildman–Crippen MR) is 127 cm³/mol. The van der Waals surface area contributed by atoms with Gasteiger partial charge in [0.05, 0.1) is 25.0 Å². The first-order valence-electron chi connectivity index (χ1n) is 10.3. The van der Waals surface area contributed by atoms with E-state index in [2.05, 4.69) is 5.32 Å². The number of nitrogens with two attached hydrogens (primary N) is 1. The highest BCUT2D eigenvalue weighted by molar-refractivity contribution is 6.05. The highest BCUT2D eigenvalue weighted by Gasteiger charge is 2.14. The third-order valence-electron chi connectivity index (χ3n) is 5.05. The Kier molecular flexibility index (Phi) is 6.45. The topological polar surface area (TPSA) is 107 Å². The minimum atomic E-state index is -0.271. The van der Waals surface area contributed by atoms with Gasteiger partial charge in [0.2, 0.25) is 12.3 Å². The Bertz CT molecular complexity index is 1270.